The summed E-state index contributed by atoms with van der Waals surface area (Å²) in [5.74, 6) is -0.103. The first-order valence-electron chi connectivity index (χ1n) is 6.81. The van der Waals surface area contributed by atoms with Gasteiger partial charge < -0.3 is 5.32 Å². The van der Waals surface area contributed by atoms with Gasteiger partial charge in [0, 0.05) is 30.0 Å². The molecule has 21 heavy (non-hydrogen) atoms. The van der Waals surface area contributed by atoms with Gasteiger partial charge in [-0.25, -0.2) is 12.7 Å². The highest BCUT2D eigenvalue weighted by Crippen LogP contribution is 2.14. The van der Waals surface area contributed by atoms with Crippen molar-refractivity contribution >= 4 is 31.9 Å². The van der Waals surface area contributed by atoms with Crippen molar-refractivity contribution in [1.29, 1.82) is 0 Å². The highest BCUT2D eigenvalue weighted by atomic mass is 79.9. The predicted octanol–water partition coefficient (Wildman–Crippen LogP) is 1.74. The molecule has 0 bridgehead atoms. The van der Waals surface area contributed by atoms with Crippen LogP contribution in [-0.4, -0.2) is 44.0 Å². The number of nitrogens with zero attached hydrogens (tertiary/aromatic N) is 1. The van der Waals surface area contributed by atoms with Crippen LogP contribution in [0.2, 0.25) is 0 Å². The highest BCUT2D eigenvalue weighted by molar-refractivity contribution is 9.08. The van der Waals surface area contributed by atoms with Crippen LogP contribution in [0.1, 0.15) is 28.8 Å². The fourth-order valence-electron chi connectivity index (χ4n) is 2.35. The maximum absolute atomic E-state index is 12.1. The Kier molecular flexibility index (Phi) is 5.40. The molecule has 0 atom stereocenters. The van der Waals surface area contributed by atoms with E-state index in [0.717, 1.165) is 10.9 Å². The lowest BCUT2D eigenvalue weighted by molar-refractivity contribution is 0.0924. The van der Waals surface area contributed by atoms with E-state index >= 15 is 0 Å². The number of piperidine rings is 1. The number of amides is 1. The summed E-state index contributed by atoms with van der Waals surface area (Å²) in [6.07, 6.45) is 2.52. The molecule has 0 radical (unpaired) electrons. The topological polar surface area (TPSA) is 66.5 Å². The van der Waals surface area contributed by atoms with E-state index in [1.165, 1.54) is 10.6 Å². The van der Waals surface area contributed by atoms with Crippen molar-refractivity contribution in [1.82, 2.24) is 9.62 Å². The van der Waals surface area contributed by atoms with E-state index < -0.39 is 10.0 Å². The first-order valence-corrected chi connectivity index (χ1v) is 9.78. The molecular weight excluding hydrogens is 356 g/mol. The first-order chi connectivity index (χ1) is 9.90. The van der Waals surface area contributed by atoms with Gasteiger partial charge in [0.1, 0.15) is 0 Å². The summed E-state index contributed by atoms with van der Waals surface area (Å²) in [6, 6.07) is 7.47. The number of benzene rings is 1. The van der Waals surface area contributed by atoms with Crippen LogP contribution in [-0.2, 0) is 15.4 Å². The van der Waals surface area contributed by atoms with E-state index in [4.69, 9.17) is 0 Å². The summed E-state index contributed by atoms with van der Waals surface area (Å²) in [5, 5.41) is 3.74. The molecule has 1 aliphatic heterocycles. The Hall–Kier alpha value is -0.920. The van der Waals surface area contributed by atoms with E-state index in [2.05, 4.69) is 21.2 Å². The Morgan fingerprint density at radius 2 is 1.86 bits per heavy atom. The fraction of sp³-hybridized carbons (Fsp3) is 0.500. The number of rotatable bonds is 4. The molecule has 5 nitrogen and oxygen atoms in total. The van der Waals surface area contributed by atoms with E-state index in [0.29, 0.717) is 31.5 Å². The summed E-state index contributed by atoms with van der Waals surface area (Å²) in [6.45, 7) is 0.929. The van der Waals surface area contributed by atoms with Crippen LogP contribution in [0.5, 0.6) is 0 Å². The third-order valence-corrected chi connectivity index (χ3v) is 5.58. The minimum absolute atomic E-state index is 0.0337. The van der Waals surface area contributed by atoms with Crippen molar-refractivity contribution in [2.24, 2.45) is 0 Å². The first kappa shape index (κ1) is 16.5. The largest absolute Gasteiger partial charge is 0.349 e. The number of nitrogens with one attached hydrogen (secondary N) is 1. The molecule has 1 aliphatic rings. The Morgan fingerprint density at radius 3 is 2.33 bits per heavy atom. The normalized spacial score (nSPS) is 17.6. The molecule has 1 fully saturated rings. The maximum Gasteiger partial charge on any atom is 0.251 e. The number of hydrogen-bond donors (Lipinski definition) is 1. The van der Waals surface area contributed by atoms with Gasteiger partial charge in [-0.3, -0.25) is 4.79 Å². The van der Waals surface area contributed by atoms with Crippen LogP contribution in [0.25, 0.3) is 0 Å². The van der Waals surface area contributed by atoms with Gasteiger partial charge in [-0.15, -0.1) is 0 Å². The molecule has 0 saturated carbocycles. The molecule has 2 rings (SSSR count). The monoisotopic (exact) mass is 374 g/mol. The Bertz CT molecular complexity index is 593. The average Bonchev–Trinajstić information content (AvgIpc) is 2.47. The Labute approximate surface area is 133 Å². The maximum atomic E-state index is 12.1. The van der Waals surface area contributed by atoms with Crippen molar-refractivity contribution in [2.45, 2.75) is 24.2 Å². The van der Waals surface area contributed by atoms with E-state index in [9.17, 15) is 13.2 Å². The van der Waals surface area contributed by atoms with Gasteiger partial charge in [-0.05, 0) is 30.5 Å². The molecular formula is C14H19BrN2O3S. The van der Waals surface area contributed by atoms with Crippen molar-refractivity contribution in [3.8, 4) is 0 Å². The van der Waals surface area contributed by atoms with Gasteiger partial charge >= 0.3 is 0 Å². The predicted molar refractivity (Wildman–Crippen MR) is 86.0 cm³/mol. The number of carbonyl (C=O) groups is 1. The molecule has 1 heterocycles. The highest BCUT2D eigenvalue weighted by Gasteiger charge is 2.25. The molecule has 0 aliphatic carbocycles. The molecule has 1 aromatic rings. The lowest BCUT2D eigenvalue weighted by atomic mass is 10.1. The Morgan fingerprint density at radius 1 is 1.29 bits per heavy atom. The molecule has 0 aromatic heterocycles. The van der Waals surface area contributed by atoms with Crippen LogP contribution in [0.15, 0.2) is 24.3 Å². The number of alkyl halides is 1. The summed E-state index contributed by atoms with van der Waals surface area (Å²) in [4.78, 5) is 12.1. The lowest BCUT2D eigenvalue weighted by Gasteiger charge is -2.30. The zero-order valence-corrected chi connectivity index (χ0v) is 14.3. The van der Waals surface area contributed by atoms with E-state index in [1.807, 2.05) is 12.1 Å². The van der Waals surface area contributed by atoms with E-state index in [1.54, 1.807) is 12.1 Å². The van der Waals surface area contributed by atoms with Crippen LogP contribution >= 0.6 is 15.9 Å². The number of hydrogen-bond acceptors (Lipinski definition) is 3. The van der Waals surface area contributed by atoms with Crippen molar-refractivity contribution in [3.05, 3.63) is 35.4 Å². The molecule has 1 N–H and O–H groups in total. The molecule has 0 spiro atoms. The summed E-state index contributed by atoms with van der Waals surface area (Å²) in [5.41, 5.74) is 1.75. The number of sulfonamides is 1. The van der Waals surface area contributed by atoms with Crippen molar-refractivity contribution < 1.29 is 13.2 Å². The van der Waals surface area contributed by atoms with Crippen LogP contribution in [0, 0.1) is 0 Å². The molecule has 0 unspecified atom stereocenters. The zero-order chi connectivity index (χ0) is 15.5. The summed E-state index contributed by atoms with van der Waals surface area (Å²) < 4.78 is 24.3. The van der Waals surface area contributed by atoms with Crippen molar-refractivity contribution in [2.75, 3.05) is 19.3 Å². The second-order valence-electron chi connectivity index (χ2n) is 5.24. The quantitative estimate of drug-likeness (QED) is 0.816. The summed E-state index contributed by atoms with van der Waals surface area (Å²) >= 11 is 3.37. The molecule has 1 saturated heterocycles. The second kappa shape index (κ2) is 6.89. The van der Waals surface area contributed by atoms with Gasteiger partial charge in [0.15, 0.2) is 0 Å². The van der Waals surface area contributed by atoms with Gasteiger partial charge in [0.05, 0.1) is 6.26 Å². The van der Waals surface area contributed by atoms with Crippen molar-refractivity contribution in [3.63, 3.8) is 0 Å². The van der Waals surface area contributed by atoms with Crippen LogP contribution < -0.4 is 5.32 Å². The Balaban J connectivity index is 1.89. The van der Waals surface area contributed by atoms with Crippen LogP contribution in [0.3, 0.4) is 0 Å². The lowest BCUT2D eigenvalue weighted by Crippen LogP contribution is -2.46. The summed E-state index contributed by atoms with van der Waals surface area (Å²) in [7, 11) is -3.12. The van der Waals surface area contributed by atoms with Crippen LogP contribution in [0.4, 0.5) is 0 Å². The molecule has 1 aromatic carbocycles. The minimum Gasteiger partial charge on any atom is -0.349 e. The fourth-order valence-corrected chi connectivity index (χ4v) is 3.59. The number of halogens is 1. The molecule has 116 valence electrons. The van der Waals surface area contributed by atoms with Gasteiger partial charge in [-0.2, -0.15) is 0 Å². The number of carbonyl (C=O) groups excluding carboxylic acids is 1. The third-order valence-electron chi connectivity index (χ3n) is 3.63. The van der Waals surface area contributed by atoms with Gasteiger partial charge in [-0.1, -0.05) is 28.1 Å². The average molecular weight is 375 g/mol. The third kappa shape index (κ3) is 4.52. The van der Waals surface area contributed by atoms with E-state index in [-0.39, 0.29) is 11.9 Å². The minimum atomic E-state index is -3.12. The van der Waals surface area contributed by atoms with Gasteiger partial charge in [0.2, 0.25) is 10.0 Å². The molecule has 1 amide bonds. The SMILES string of the molecule is CS(=O)(=O)N1CCC(NC(=O)c2ccc(CBr)cc2)CC1. The van der Waals surface area contributed by atoms with Gasteiger partial charge in [0.25, 0.3) is 5.91 Å². The second-order valence-corrected chi connectivity index (χ2v) is 7.78. The zero-order valence-electron chi connectivity index (χ0n) is 11.9. The molecule has 7 heteroatoms. The standard InChI is InChI=1S/C14H19BrN2O3S/c1-21(19,20)17-8-6-13(7-9-17)16-14(18)12-4-2-11(10-15)3-5-12/h2-5,13H,6-10H2,1H3,(H,16,18). The smallest absolute Gasteiger partial charge is 0.251 e.